The molecule has 7 heteroatoms. The maximum absolute atomic E-state index is 11.9. The number of nitrogens with zero attached hydrogens (tertiary/aromatic N) is 4. The maximum atomic E-state index is 11.9. The molecule has 3 heterocycles. The molecule has 0 aliphatic carbocycles. The van der Waals surface area contributed by atoms with Gasteiger partial charge in [-0.2, -0.15) is 0 Å². The summed E-state index contributed by atoms with van der Waals surface area (Å²) in [7, 11) is 3.48. The van der Waals surface area contributed by atoms with Crippen molar-refractivity contribution in [3.05, 3.63) is 18.5 Å². The van der Waals surface area contributed by atoms with Gasteiger partial charge in [-0.05, 0) is 18.9 Å². The Morgan fingerprint density at radius 1 is 1.43 bits per heavy atom. The summed E-state index contributed by atoms with van der Waals surface area (Å²) < 4.78 is 5.92. The summed E-state index contributed by atoms with van der Waals surface area (Å²) in [6.45, 7) is 1.43. The Morgan fingerprint density at radius 3 is 2.90 bits per heavy atom. The second-order valence-corrected chi connectivity index (χ2v) is 5.70. The monoisotopic (exact) mass is 291 g/mol. The highest BCUT2D eigenvalue weighted by molar-refractivity contribution is 5.74. The molecule has 0 radical (unpaired) electrons. The van der Waals surface area contributed by atoms with Crippen LogP contribution in [0.5, 0.6) is 0 Å². The lowest BCUT2D eigenvalue weighted by atomic mass is 10.0. The third-order valence-electron chi connectivity index (χ3n) is 4.05. The van der Waals surface area contributed by atoms with Crippen LogP contribution in [-0.2, 0) is 4.74 Å². The van der Waals surface area contributed by atoms with E-state index in [9.17, 15) is 4.79 Å². The van der Waals surface area contributed by atoms with E-state index in [4.69, 9.17) is 4.74 Å². The summed E-state index contributed by atoms with van der Waals surface area (Å²) >= 11 is 0. The highest BCUT2D eigenvalue weighted by Crippen LogP contribution is 2.31. The van der Waals surface area contributed by atoms with Gasteiger partial charge in [0.25, 0.3) is 0 Å². The van der Waals surface area contributed by atoms with Crippen LogP contribution in [-0.4, -0.2) is 66.3 Å². The molecule has 3 atom stereocenters. The summed E-state index contributed by atoms with van der Waals surface area (Å²) in [6, 6.07) is 1.91. The standard InChI is InChI=1S/C14H21N5O2/c1-18(2)14(20)17-10-9-19(13-15-6-4-7-16-13)11-5-3-8-21-12(10)11/h4,6-7,10-12H,3,5,8-9H2,1-2H3,(H,17,20)/t10-,11-,12-/m1/s1. The number of hydrogen-bond acceptors (Lipinski definition) is 5. The fraction of sp³-hybridized carbons (Fsp3) is 0.643. The Morgan fingerprint density at radius 2 is 2.19 bits per heavy atom. The van der Waals surface area contributed by atoms with Crippen molar-refractivity contribution in [1.29, 1.82) is 0 Å². The molecule has 21 heavy (non-hydrogen) atoms. The summed E-state index contributed by atoms with van der Waals surface area (Å²) in [5.41, 5.74) is 0. The molecule has 0 bridgehead atoms. The predicted molar refractivity (Wildman–Crippen MR) is 78.1 cm³/mol. The SMILES string of the molecule is CN(C)C(=O)N[C@@H]1CN(c2ncccn2)[C@@H]2CCCO[C@@H]21. The number of aromatic nitrogens is 2. The Balaban J connectivity index is 1.79. The lowest BCUT2D eigenvalue weighted by molar-refractivity contribution is 0.00156. The fourth-order valence-electron chi connectivity index (χ4n) is 3.04. The number of amides is 2. The van der Waals surface area contributed by atoms with Gasteiger partial charge in [-0.3, -0.25) is 0 Å². The molecule has 0 aromatic carbocycles. The van der Waals surface area contributed by atoms with Crippen molar-refractivity contribution in [1.82, 2.24) is 20.2 Å². The number of hydrogen-bond donors (Lipinski definition) is 1. The van der Waals surface area contributed by atoms with Gasteiger partial charge in [0.1, 0.15) is 0 Å². The van der Waals surface area contributed by atoms with Crippen molar-refractivity contribution in [2.75, 3.05) is 32.1 Å². The van der Waals surface area contributed by atoms with Gasteiger partial charge in [-0.15, -0.1) is 0 Å². The molecule has 2 amide bonds. The Labute approximate surface area is 124 Å². The van der Waals surface area contributed by atoms with Crippen LogP contribution in [0.4, 0.5) is 10.7 Å². The highest BCUT2D eigenvalue weighted by atomic mass is 16.5. The number of carbonyl (C=O) groups excluding carboxylic acids is 1. The Hall–Kier alpha value is -1.89. The van der Waals surface area contributed by atoms with Crippen LogP contribution >= 0.6 is 0 Å². The largest absolute Gasteiger partial charge is 0.374 e. The molecule has 1 N–H and O–H groups in total. The average molecular weight is 291 g/mol. The molecule has 0 spiro atoms. The quantitative estimate of drug-likeness (QED) is 0.858. The number of ether oxygens (including phenoxy) is 1. The van der Waals surface area contributed by atoms with Crippen LogP contribution in [0.1, 0.15) is 12.8 Å². The van der Waals surface area contributed by atoms with Crippen molar-refractivity contribution in [3.8, 4) is 0 Å². The minimum Gasteiger partial charge on any atom is -0.374 e. The minimum atomic E-state index is -0.0937. The van der Waals surface area contributed by atoms with E-state index in [2.05, 4.69) is 20.2 Å². The second-order valence-electron chi connectivity index (χ2n) is 5.70. The first-order valence-corrected chi connectivity index (χ1v) is 7.30. The molecule has 2 aliphatic heterocycles. The van der Waals surface area contributed by atoms with Crippen molar-refractivity contribution in [3.63, 3.8) is 0 Å². The zero-order valence-corrected chi connectivity index (χ0v) is 12.4. The van der Waals surface area contributed by atoms with Crippen LogP contribution in [0.3, 0.4) is 0 Å². The van der Waals surface area contributed by atoms with Gasteiger partial charge in [0, 0.05) is 39.6 Å². The molecule has 1 aromatic rings. The van der Waals surface area contributed by atoms with Gasteiger partial charge in [-0.1, -0.05) is 0 Å². The van der Waals surface area contributed by atoms with Crippen molar-refractivity contribution < 1.29 is 9.53 Å². The summed E-state index contributed by atoms with van der Waals surface area (Å²) in [5, 5.41) is 3.04. The minimum absolute atomic E-state index is 0.00598. The highest BCUT2D eigenvalue weighted by Gasteiger charge is 2.45. The molecule has 114 valence electrons. The zero-order chi connectivity index (χ0) is 14.8. The van der Waals surface area contributed by atoms with Crippen LogP contribution in [0.2, 0.25) is 0 Å². The molecule has 2 fully saturated rings. The number of urea groups is 1. The van der Waals surface area contributed by atoms with Crippen molar-refractivity contribution in [2.24, 2.45) is 0 Å². The van der Waals surface area contributed by atoms with Gasteiger partial charge in [0.15, 0.2) is 0 Å². The molecule has 3 rings (SSSR count). The molecule has 2 saturated heterocycles. The summed E-state index contributed by atoms with van der Waals surface area (Å²) in [5.74, 6) is 0.708. The predicted octanol–water partition coefficient (Wildman–Crippen LogP) is 0.484. The normalized spacial score (nSPS) is 28.1. The number of rotatable bonds is 2. The third-order valence-corrected chi connectivity index (χ3v) is 4.05. The fourth-order valence-corrected chi connectivity index (χ4v) is 3.04. The van der Waals surface area contributed by atoms with E-state index in [0.717, 1.165) is 19.4 Å². The lowest BCUT2D eigenvalue weighted by Crippen LogP contribution is -2.50. The average Bonchev–Trinajstić information content (AvgIpc) is 2.87. The topological polar surface area (TPSA) is 70.6 Å². The lowest BCUT2D eigenvalue weighted by Gasteiger charge is -2.32. The molecule has 0 saturated carbocycles. The van der Waals surface area contributed by atoms with Gasteiger partial charge >= 0.3 is 6.03 Å². The van der Waals surface area contributed by atoms with E-state index in [0.29, 0.717) is 12.5 Å². The third kappa shape index (κ3) is 2.78. The summed E-state index contributed by atoms with van der Waals surface area (Å²) in [6.07, 6.45) is 5.56. The van der Waals surface area contributed by atoms with Crippen LogP contribution in [0.15, 0.2) is 18.5 Å². The molecule has 7 nitrogen and oxygen atoms in total. The Bertz CT molecular complexity index is 495. The van der Waals surface area contributed by atoms with E-state index in [1.165, 1.54) is 0 Å². The second kappa shape index (κ2) is 5.85. The number of carbonyl (C=O) groups is 1. The number of fused-ring (bicyclic) bond motifs is 1. The molecule has 1 aromatic heterocycles. The van der Waals surface area contributed by atoms with E-state index >= 15 is 0 Å². The van der Waals surface area contributed by atoms with Gasteiger partial charge in [0.2, 0.25) is 5.95 Å². The van der Waals surface area contributed by atoms with E-state index in [1.807, 2.05) is 0 Å². The van der Waals surface area contributed by atoms with Crippen molar-refractivity contribution >= 4 is 12.0 Å². The van der Waals surface area contributed by atoms with Crippen molar-refractivity contribution in [2.45, 2.75) is 31.0 Å². The summed E-state index contributed by atoms with van der Waals surface area (Å²) in [4.78, 5) is 24.3. The Kier molecular flexibility index (Phi) is 3.92. The van der Waals surface area contributed by atoms with Crippen LogP contribution < -0.4 is 10.2 Å². The number of nitrogens with one attached hydrogen (secondary N) is 1. The van der Waals surface area contributed by atoms with E-state index < -0.39 is 0 Å². The molecular weight excluding hydrogens is 270 g/mol. The molecule has 2 aliphatic rings. The number of anilines is 1. The van der Waals surface area contributed by atoms with Gasteiger partial charge in [-0.25, -0.2) is 14.8 Å². The first-order chi connectivity index (χ1) is 10.2. The molecule has 0 unspecified atom stereocenters. The first kappa shape index (κ1) is 14.1. The first-order valence-electron chi connectivity index (χ1n) is 7.30. The molecular formula is C14H21N5O2. The maximum Gasteiger partial charge on any atom is 0.317 e. The van der Waals surface area contributed by atoms with Gasteiger partial charge < -0.3 is 19.9 Å². The smallest absolute Gasteiger partial charge is 0.317 e. The van der Waals surface area contributed by atoms with E-state index in [-0.39, 0.29) is 24.2 Å². The van der Waals surface area contributed by atoms with Crippen LogP contribution in [0, 0.1) is 0 Å². The van der Waals surface area contributed by atoms with Crippen LogP contribution in [0.25, 0.3) is 0 Å². The van der Waals surface area contributed by atoms with E-state index in [1.54, 1.807) is 37.5 Å². The van der Waals surface area contributed by atoms with Gasteiger partial charge in [0.05, 0.1) is 18.2 Å². The zero-order valence-electron chi connectivity index (χ0n) is 12.4.